The maximum atomic E-state index is 13.5. The molecule has 7 nitrogen and oxygen atoms in total. The number of anilines is 1. The molecule has 1 N–H and O–H groups in total. The molecule has 0 heterocycles. The molecule has 0 saturated heterocycles. The number of ether oxygens (including phenoxy) is 2. The van der Waals surface area contributed by atoms with E-state index in [0.29, 0.717) is 22.1 Å². The number of amides is 1. The second-order valence-electron chi connectivity index (χ2n) is 7.70. The van der Waals surface area contributed by atoms with Crippen LogP contribution in [0.1, 0.15) is 24.1 Å². The van der Waals surface area contributed by atoms with Gasteiger partial charge in [-0.25, -0.2) is 8.42 Å². The summed E-state index contributed by atoms with van der Waals surface area (Å²) < 4.78 is 38.7. The minimum atomic E-state index is -4.04. The number of hydrogen-bond donors (Lipinski definition) is 1. The SMILES string of the molecule is COc1ccc(OC)c([C@@H](C)NC(=O)CN(c2cccc(Cl)c2)S(=O)(=O)c2ccc(C)cc2)c1. The maximum Gasteiger partial charge on any atom is 0.264 e. The van der Waals surface area contributed by atoms with Gasteiger partial charge in [-0.05, 0) is 62.4 Å². The second kappa shape index (κ2) is 10.8. The topological polar surface area (TPSA) is 84.9 Å². The molecular formula is C25H27ClN2O5S. The van der Waals surface area contributed by atoms with Crippen LogP contribution in [0, 0.1) is 6.92 Å². The predicted molar refractivity (Wildman–Crippen MR) is 133 cm³/mol. The van der Waals surface area contributed by atoms with E-state index in [-0.39, 0.29) is 10.6 Å². The molecule has 0 aliphatic carbocycles. The maximum absolute atomic E-state index is 13.5. The number of halogens is 1. The fourth-order valence-corrected chi connectivity index (χ4v) is 5.05. The van der Waals surface area contributed by atoms with E-state index in [9.17, 15) is 13.2 Å². The molecule has 0 radical (unpaired) electrons. The van der Waals surface area contributed by atoms with Gasteiger partial charge in [-0.1, -0.05) is 35.4 Å². The van der Waals surface area contributed by atoms with Crippen LogP contribution in [0.25, 0.3) is 0 Å². The predicted octanol–water partition coefficient (Wildman–Crippen LogP) is 4.74. The molecule has 0 aliphatic rings. The van der Waals surface area contributed by atoms with Crippen molar-refractivity contribution in [1.29, 1.82) is 0 Å². The summed E-state index contributed by atoms with van der Waals surface area (Å²) >= 11 is 6.12. The molecule has 34 heavy (non-hydrogen) atoms. The third-order valence-electron chi connectivity index (χ3n) is 5.27. The van der Waals surface area contributed by atoms with Crippen LogP contribution >= 0.6 is 11.6 Å². The summed E-state index contributed by atoms with van der Waals surface area (Å²) in [4.78, 5) is 13.1. The van der Waals surface area contributed by atoms with Crippen LogP contribution in [0.4, 0.5) is 5.69 Å². The Morgan fingerprint density at radius 1 is 1.03 bits per heavy atom. The minimum Gasteiger partial charge on any atom is -0.497 e. The zero-order valence-electron chi connectivity index (χ0n) is 19.4. The smallest absolute Gasteiger partial charge is 0.264 e. The van der Waals surface area contributed by atoms with E-state index < -0.39 is 28.5 Å². The molecule has 1 amide bonds. The van der Waals surface area contributed by atoms with Crippen molar-refractivity contribution in [2.45, 2.75) is 24.8 Å². The van der Waals surface area contributed by atoms with Crippen LogP contribution in [0.5, 0.6) is 11.5 Å². The van der Waals surface area contributed by atoms with Crippen molar-refractivity contribution in [2.24, 2.45) is 0 Å². The van der Waals surface area contributed by atoms with Gasteiger partial charge in [-0.15, -0.1) is 0 Å². The average molecular weight is 503 g/mol. The summed E-state index contributed by atoms with van der Waals surface area (Å²) in [6, 6.07) is 17.6. The molecule has 3 aromatic rings. The summed E-state index contributed by atoms with van der Waals surface area (Å²) in [7, 11) is -0.952. The molecule has 180 valence electrons. The van der Waals surface area contributed by atoms with Crippen LogP contribution in [0.15, 0.2) is 71.6 Å². The van der Waals surface area contributed by atoms with Crippen molar-refractivity contribution in [3.05, 3.63) is 82.9 Å². The lowest BCUT2D eigenvalue weighted by atomic mass is 10.1. The Morgan fingerprint density at radius 2 is 1.74 bits per heavy atom. The Balaban J connectivity index is 1.91. The molecule has 3 aromatic carbocycles. The van der Waals surface area contributed by atoms with Gasteiger partial charge >= 0.3 is 0 Å². The van der Waals surface area contributed by atoms with Gasteiger partial charge in [-0.2, -0.15) is 0 Å². The highest BCUT2D eigenvalue weighted by Crippen LogP contribution is 2.30. The van der Waals surface area contributed by atoms with Crippen LogP contribution in [-0.2, 0) is 14.8 Å². The number of rotatable bonds is 9. The Morgan fingerprint density at radius 3 is 2.35 bits per heavy atom. The number of aryl methyl sites for hydroxylation is 1. The van der Waals surface area contributed by atoms with Gasteiger partial charge in [0, 0.05) is 10.6 Å². The second-order valence-corrected chi connectivity index (χ2v) is 10.0. The minimum absolute atomic E-state index is 0.0772. The van der Waals surface area contributed by atoms with E-state index in [1.807, 2.05) is 6.92 Å². The van der Waals surface area contributed by atoms with Crippen molar-refractivity contribution in [3.63, 3.8) is 0 Å². The number of nitrogens with zero attached hydrogens (tertiary/aromatic N) is 1. The van der Waals surface area contributed by atoms with Crippen molar-refractivity contribution < 1.29 is 22.7 Å². The highest BCUT2D eigenvalue weighted by atomic mass is 35.5. The van der Waals surface area contributed by atoms with E-state index >= 15 is 0 Å². The van der Waals surface area contributed by atoms with Gasteiger partial charge in [0.15, 0.2) is 0 Å². The molecule has 0 spiro atoms. The molecule has 0 fully saturated rings. The summed E-state index contributed by atoms with van der Waals surface area (Å²) in [6.07, 6.45) is 0. The summed E-state index contributed by atoms with van der Waals surface area (Å²) in [5.41, 5.74) is 1.91. The van der Waals surface area contributed by atoms with Crippen LogP contribution in [0.3, 0.4) is 0 Å². The van der Waals surface area contributed by atoms with Gasteiger partial charge in [-0.3, -0.25) is 9.10 Å². The first-order valence-electron chi connectivity index (χ1n) is 10.5. The number of carbonyl (C=O) groups is 1. The quantitative estimate of drug-likeness (QED) is 0.457. The summed E-state index contributed by atoms with van der Waals surface area (Å²) in [6.45, 7) is 3.22. The van der Waals surface area contributed by atoms with Gasteiger partial charge < -0.3 is 14.8 Å². The van der Waals surface area contributed by atoms with Crippen molar-refractivity contribution in [2.75, 3.05) is 25.1 Å². The van der Waals surface area contributed by atoms with Gasteiger partial charge in [0.25, 0.3) is 10.0 Å². The number of benzene rings is 3. The molecule has 0 aromatic heterocycles. The lowest BCUT2D eigenvalue weighted by Gasteiger charge is -2.25. The largest absolute Gasteiger partial charge is 0.497 e. The first-order valence-corrected chi connectivity index (χ1v) is 12.3. The van der Waals surface area contributed by atoms with Gasteiger partial charge in [0.05, 0.1) is 30.8 Å². The van der Waals surface area contributed by atoms with Crippen LogP contribution in [0.2, 0.25) is 5.02 Å². The fourth-order valence-electron chi connectivity index (χ4n) is 3.46. The number of hydrogen-bond acceptors (Lipinski definition) is 5. The molecule has 3 rings (SSSR count). The Bertz CT molecular complexity index is 1260. The average Bonchev–Trinajstić information content (AvgIpc) is 2.82. The number of methoxy groups -OCH3 is 2. The van der Waals surface area contributed by atoms with Crippen LogP contribution < -0.4 is 19.1 Å². The third kappa shape index (κ3) is 5.81. The van der Waals surface area contributed by atoms with Crippen molar-refractivity contribution >= 4 is 33.2 Å². The Hall–Kier alpha value is -3.23. The summed E-state index contributed by atoms with van der Waals surface area (Å²) in [5, 5.41) is 3.21. The third-order valence-corrected chi connectivity index (χ3v) is 7.30. The molecule has 0 bridgehead atoms. The van der Waals surface area contributed by atoms with E-state index in [0.717, 1.165) is 9.87 Å². The standard InChI is InChI=1S/C25H27ClN2O5S/c1-17-8-11-22(12-9-17)34(30,31)28(20-7-5-6-19(26)14-20)16-25(29)27-18(2)23-15-21(32-3)10-13-24(23)33-4/h5-15,18H,16H2,1-4H3,(H,27,29)/t18-/m1/s1. The molecular weight excluding hydrogens is 476 g/mol. The normalized spacial score (nSPS) is 12.0. The van der Waals surface area contributed by atoms with E-state index in [1.54, 1.807) is 62.6 Å². The molecule has 0 unspecified atom stereocenters. The molecule has 9 heteroatoms. The first-order chi connectivity index (χ1) is 16.1. The van der Waals surface area contributed by atoms with Gasteiger partial charge in [0.2, 0.25) is 5.91 Å². The van der Waals surface area contributed by atoms with Gasteiger partial charge in [0.1, 0.15) is 18.0 Å². The zero-order valence-corrected chi connectivity index (χ0v) is 21.0. The number of carbonyl (C=O) groups excluding carboxylic acids is 1. The van der Waals surface area contributed by atoms with Crippen LogP contribution in [-0.4, -0.2) is 35.1 Å². The van der Waals surface area contributed by atoms with E-state index in [2.05, 4.69) is 5.32 Å². The van der Waals surface area contributed by atoms with Crippen molar-refractivity contribution in [3.8, 4) is 11.5 Å². The Kier molecular flexibility index (Phi) is 8.06. The number of nitrogens with one attached hydrogen (secondary N) is 1. The molecule has 1 atom stereocenters. The van der Waals surface area contributed by atoms with E-state index in [1.165, 1.54) is 25.3 Å². The first kappa shape index (κ1) is 25.4. The monoisotopic (exact) mass is 502 g/mol. The lowest BCUT2D eigenvalue weighted by Crippen LogP contribution is -2.41. The van der Waals surface area contributed by atoms with E-state index in [4.69, 9.17) is 21.1 Å². The highest BCUT2D eigenvalue weighted by molar-refractivity contribution is 7.92. The molecule has 0 saturated carbocycles. The number of sulfonamides is 1. The highest BCUT2D eigenvalue weighted by Gasteiger charge is 2.28. The summed E-state index contributed by atoms with van der Waals surface area (Å²) in [5.74, 6) is 0.694. The van der Waals surface area contributed by atoms with Crippen molar-refractivity contribution in [1.82, 2.24) is 5.32 Å². The zero-order chi connectivity index (χ0) is 24.9. The molecule has 0 aliphatic heterocycles. The Labute approximate surface area is 205 Å². The fraction of sp³-hybridized carbons (Fsp3) is 0.240. The lowest BCUT2D eigenvalue weighted by molar-refractivity contribution is -0.120.